The number of para-hydroxylation sites is 1. The number of anilines is 1. The van der Waals surface area contributed by atoms with Crippen LogP contribution in [0.5, 0.6) is 11.5 Å². The smallest absolute Gasteiger partial charge is 0.335 e. The van der Waals surface area contributed by atoms with Crippen LogP contribution in [0.15, 0.2) is 115 Å². The maximum Gasteiger partial charge on any atom is 0.335 e. The van der Waals surface area contributed by atoms with E-state index >= 15 is 4.39 Å². The Balaban J connectivity index is 0.993. The zero-order chi connectivity index (χ0) is 40.9. The van der Waals surface area contributed by atoms with Crippen LogP contribution in [0.1, 0.15) is 75.0 Å². The van der Waals surface area contributed by atoms with Crippen molar-refractivity contribution in [3.8, 4) is 34.5 Å². The Morgan fingerprint density at radius 1 is 0.898 bits per heavy atom. The van der Waals surface area contributed by atoms with Crippen LogP contribution >= 0.6 is 11.3 Å². The van der Waals surface area contributed by atoms with Crippen LogP contribution in [0.4, 0.5) is 9.52 Å². The van der Waals surface area contributed by atoms with Crippen LogP contribution in [0, 0.1) is 41.3 Å². The Morgan fingerprint density at radius 3 is 2.53 bits per heavy atom. The number of aromatic nitrogens is 1. The number of hydrogen-bond donors (Lipinski definition) is 0. The maximum atomic E-state index is 15.6. The van der Waals surface area contributed by atoms with Gasteiger partial charge in [0.15, 0.2) is 0 Å². The quantitative estimate of drug-likeness (QED) is 0.0343. The van der Waals surface area contributed by atoms with Gasteiger partial charge in [0.2, 0.25) is 5.13 Å². The molecule has 7 nitrogen and oxygen atoms in total. The summed E-state index contributed by atoms with van der Waals surface area (Å²) in [6, 6.07) is 29.3. The fourth-order valence-electron chi connectivity index (χ4n) is 8.56. The summed E-state index contributed by atoms with van der Waals surface area (Å²) in [4.78, 5) is 29.6. The predicted molar refractivity (Wildman–Crippen MR) is 235 cm³/mol. The summed E-state index contributed by atoms with van der Waals surface area (Å²) in [6.07, 6.45) is 11.7. The number of ether oxygens (including phenoxy) is 2. The number of benzene rings is 5. The average Bonchev–Trinajstić information content (AvgIpc) is 3.69. The first-order valence-corrected chi connectivity index (χ1v) is 21.2. The van der Waals surface area contributed by atoms with E-state index in [1.807, 2.05) is 73.8 Å². The van der Waals surface area contributed by atoms with Gasteiger partial charge in [0.1, 0.15) is 17.3 Å². The van der Waals surface area contributed by atoms with E-state index in [4.69, 9.17) is 19.6 Å². The van der Waals surface area contributed by atoms with Crippen LogP contribution in [-0.2, 0) is 9.59 Å². The number of rotatable bonds is 10. The number of fused-ring (bicyclic) bond motifs is 3. The van der Waals surface area contributed by atoms with Crippen molar-refractivity contribution in [2.45, 2.75) is 58.3 Å². The van der Waals surface area contributed by atoms with Crippen LogP contribution < -0.4 is 14.5 Å². The van der Waals surface area contributed by atoms with E-state index in [-0.39, 0.29) is 11.5 Å². The van der Waals surface area contributed by atoms with Crippen LogP contribution in [0.2, 0.25) is 0 Å². The molecule has 298 valence electrons. The van der Waals surface area contributed by atoms with E-state index in [1.165, 1.54) is 55.9 Å². The lowest BCUT2D eigenvalue weighted by Crippen LogP contribution is -2.30. The third-order valence-electron chi connectivity index (χ3n) is 11.7. The Labute approximate surface area is 348 Å². The molecular formula is C50H46FN3O4S. The van der Waals surface area contributed by atoms with Gasteiger partial charge in [-0.25, -0.2) is 19.2 Å². The number of hydrazone groups is 1. The lowest BCUT2D eigenvalue weighted by Gasteiger charge is -2.41. The van der Waals surface area contributed by atoms with Crippen molar-refractivity contribution in [1.29, 1.82) is 0 Å². The minimum Gasteiger partial charge on any atom is -0.426 e. The van der Waals surface area contributed by atoms with Gasteiger partial charge in [-0.05, 0) is 138 Å². The highest BCUT2D eigenvalue weighted by atomic mass is 32.1. The maximum absolute atomic E-state index is 15.6. The second-order valence-corrected chi connectivity index (χ2v) is 16.9. The van der Waals surface area contributed by atoms with Gasteiger partial charge in [-0.2, -0.15) is 5.10 Å². The van der Waals surface area contributed by atoms with E-state index in [2.05, 4.69) is 25.3 Å². The van der Waals surface area contributed by atoms with Crippen LogP contribution in [-0.4, -0.2) is 30.2 Å². The van der Waals surface area contributed by atoms with Gasteiger partial charge >= 0.3 is 11.9 Å². The predicted octanol–water partition coefficient (Wildman–Crippen LogP) is 11.8. The second kappa shape index (κ2) is 17.8. The Bertz CT molecular complexity index is 2610. The number of carbonyl (C=O) groups excluding carboxylic acids is 2. The van der Waals surface area contributed by atoms with Crippen molar-refractivity contribution in [1.82, 2.24) is 4.98 Å². The van der Waals surface area contributed by atoms with Gasteiger partial charge < -0.3 is 9.47 Å². The molecule has 0 amide bonds. The zero-order valence-electron chi connectivity index (χ0n) is 33.3. The topological polar surface area (TPSA) is 81.1 Å². The first kappa shape index (κ1) is 39.7. The number of esters is 2. The van der Waals surface area contributed by atoms with Gasteiger partial charge in [-0.1, -0.05) is 85.9 Å². The normalized spacial score (nSPS) is 18.8. The fourth-order valence-corrected chi connectivity index (χ4v) is 9.44. The van der Waals surface area contributed by atoms with Gasteiger partial charge in [-0.3, -0.25) is 4.79 Å². The van der Waals surface area contributed by atoms with Crippen molar-refractivity contribution < 1.29 is 23.5 Å². The molecule has 9 heteroatoms. The first-order valence-electron chi connectivity index (χ1n) is 20.4. The van der Waals surface area contributed by atoms with Crippen molar-refractivity contribution in [3.05, 3.63) is 132 Å². The molecule has 0 saturated heterocycles. The van der Waals surface area contributed by atoms with E-state index < -0.39 is 11.8 Å². The average molecular weight is 804 g/mol. The molecule has 2 aliphatic rings. The monoisotopic (exact) mass is 803 g/mol. The summed E-state index contributed by atoms with van der Waals surface area (Å²) < 4.78 is 27.9. The third kappa shape index (κ3) is 9.62. The van der Waals surface area contributed by atoms with E-state index in [0.717, 1.165) is 61.9 Å². The molecule has 0 aliphatic heterocycles. The summed E-state index contributed by atoms with van der Waals surface area (Å²) in [5.41, 5.74) is 3.84. The molecule has 0 spiro atoms. The SMILES string of the molecule is C=CC(=O)Oc1ccc2cc(C#Cc3ccc(-c4ccc(OC(=O)CCC5CCC6CC(C)CCC6C5)c(/C=N/N(C)c5nc6ccccc6s5)c4)cc3F)ccc2c1. The Morgan fingerprint density at radius 2 is 1.68 bits per heavy atom. The number of hydrogen-bond acceptors (Lipinski definition) is 8. The number of halogens is 1. The summed E-state index contributed by atoms with van der Waals surface area (Å²) in [5, 5.41) is 8.90. The summed E-state index contributed by atoms with van der Waals surface area (Å²) in [5.74, 6) is 8.68. The van der Waals surface area contributed by atoms with E-state index in [0.29, 0.717) is 40.5 Å². The molecule has 1 aromatic heterocycles. The highest BCUT2D eigenvalue weighted by molar-refractivity contribution is 7.22. The van der Waals surface area contributed by atoms with Crippen molar-refractivity contribution in [2.24, 2.45) is 28.8 Å². The Hall–Kier alpha value is -6.11. The minimum atomic E-state index is -0.525. The van der Waals surface area contributed by atoms with Crippen molar-refractivity contribution >= 4 is 55.6 Å². The van der Waals surface area contributed by atoms with Gasteiger partial charge in [0.05, 0.1) is 22.0 Å². The fraction of sp³-hybridized carbons (Fsp3) is 0.280. The standard InChI is InChI=1S/C50H46FN3O4S/c1-4-48(55)57-43-22-20-38-26-33(12-17-40(38)29-43)10-15-35-18-19-41(30-44(35)51)39-21-23-46(42(28-39)31-52-54(3)50-53-45-7-5-6-8-47(45)59-50)58-49(56)24-13-34-11-16-36-25-32(2)9-14-37(36)27-34/h4-8,12,17-23,26,28-32,34,36-37H,1,9,11,13-14,16,24-25,27H2,2-3H3/b52-31+. The summed E-state index contributed by atoms with van der Waals surface area (Å²) in [7, 11) is 1.83. The molecule has 2 saturated carbocycles. The number of thiazole rings is 1. The second-order valence-electron chi connectivity index (χ2n) is 15.9. The largest absolute Gasteiger partial charge is 0.426 e. The molecule has 4 atom stereocenters. The lowest BCUT2D eigenvalue weighted by molar-refractivity contribution is -0.135. The molecular weight excluding hydrogens is 758 g/mol. The van der Waals surface area contributed by atoms with Gasteiger partial charge in [0.25, 0.3) is 0 Å². The molecule has 5 aromatic carbocycles. The molecule has 0 N–H and O–H groups in total. The molecule has 2 fully saturated rings. The van der Waals surface area contributed by atoms with Crippen molar-refractivity contribution in [3.63, 3.8) is 0 Å². The molecule has 6 aromatic rings. The molecule has 0 radical (unpaired) electrons. The molecule has 2 aliphatic carbocycles. The molecule has 0 bridgehead atoms. The molecule has 4 unspecified atom stereocenters. The summed E-state index contributed by atoms with van der Waals surface area (Å²) >= 11 is 1.54. The highest BCUT2D eigenvalue weighted by Crippen LogP contribution is 2.45. The molecule has 59 heavy (non-hydrogen) atoms. The third-order valence-corrected chi connectivity index (χ3v) is 12.8. The zero-order valence-corrected chi connectivity index (χ0v) is 34.1. The Kier molecular flexibility index (Phi) is 12.0. The van der Waals surface area contributed by atoms with E-state index in [1.54, 1.807) is 35.5 Å². The number of carbonyl (C=O) groups is 2. The van der Waals surface area contributed by atoms with Gasteiger partial charge in [-0.15, -0.1) is 0 Å². The van der Waals surface area contributed by atoms with Crippen molar-refractivity contribution in [2.75, 3.05) is 12.1 Å². The van der Waals surface area contributed by atoms with Crippen LogP contribution in [0.25, 0.3) is 32.1 Å². The minimum absolute atomic E-state index is 0.259. The lowest BCUT2D eigenvalue weighted by atomic mass is 9.64. The highest BCUT2D eigenvalue weighted by Gasteiger charge is 2.34. The molecule has 8 rings (SSSR count). The van der Waals surface area contributed by atoms with E-state index in [9.17, 15) is 9.59 Å². The number of nitrogens with zero attached hydrogens (tertiary/aromatic N) is 3. The first-order chi connectivity index (χ1) is 28.7. The summed E-state index contributed by atoms with van der Waals surface area (Å²) in [6.45, 7) is 5.81. The van der Waals surface area contributed by atoms with Crippen LogP contribution in [0.3, 0.4) is 0 Å². The van der Waals surface area contributed by atoms with Gasteiger partial charge in [0, 0.05) is 30.7 Å². The molecule has 1 heterocycles.